The lowest BCUT2D eigenvalue weighted by atomic mass is 10.1. The number of nitrogens with one attached hydrogen (secondary N) is 5. The number of carbonyl (C=O) groups is 6. The fraction of sp³-hybridized carbons (Fsp3) is 0.462. The van der Waals surface area contributed by atoms with E-state index in [1.165, 1.54) is 42.6 Å². The number of amides is 5. The predicted octanol–water partition coefficient (Wildman–Crippen LogP) is 4.66. The van der Waals surface area contributed by atoms with Gasteiger partial charge in [0.15, 0.2) is 18.2 Å². The molecule has 9 N–H and O–H groups in total. The van der Waals surface area contributed by atoms with E-state index in [1.54, 1.807) is 12.1 Å². The first kappa shape index (κ1) is 64.5. The van der Waals surface area contributed by atoms with Gasteiger partial charge in [-0.15, -0.1) is 22.7 Å². The maximum Gasteiger partial charge on any atom is 0.304 e. The maximum atomic E-state index is 14.2. The summed E-state index contributed by atoms with van der Waals surface area (Å²) in [6.07, 6.45) is 9.08. The zero-order chi connectivity index (χ0) is 59.5. The molecule has 0 saturated heterocycles. The van der Waals surface area contributed by atoms with Crippen molar-refractivity contribution in [3.63, 3.8) is 0 Å². The van der Waals surface area contributed by atoms with Crippen LogP contribution in [0.15, 0.2) is 90.9 Å². The van der Waals surface area contributed by atoms with Gasteiger partial charge >= 0.3 is 26.2 Å². The lowest BCUT2D eigenvalue weighted by Crippen LogP contribution is -2.54. The van der Waals surface area contributed by atoms with Gasteiger partial charge in [0.05, 0.1) is 12.8 Å². The highest BCUT2D eigenvalue weighted by Gasteiger charge is 2.29. The van der Waals surface area contributed by atoms with Gasteiger partial charge < -0.3 is 40.8 Å². The van der Waals surface area contributed by atoms with Crippen molar-refractivity contribution < 1.29 is 86.5 Å². The summed E-state index contributed by atoms with van der Waals surface area (Å²) in [5, 5.41) is 22.7. The van der Waals surface area contributed by atoms with Crippen molar-refractivity contribution in [1.29, 1.82) is 0 Å². The Labute approximate surface area is 482 Å². The number of aryl methyl sites for hydroxylation is 1. The van der Waals surface area contributed by atoms with Crippen LogP contribution in [-0.4, -0.2) is 122 Å². The molecule has 7 heterocycles. The summed E-state index contributed by atoms with van der Waals surface area (Å²) < 4.78 is 115. The van der Waals surface area contributed by atoms with Gasteiger partial charge in [0.1, 0.15) is 43.7 Å². The summed E-state index contributed by atoms with van der Waals surface area (Å²) in [6, 6.07) is 9.04. The molecule has 82 heavy (non-hydrogen) atoms. The molecule has 3 aliphatic heterocycles. The molecular weight excluding hydrogens is 1170 g/mol. The third-order valence-electron chi connectivity index (χ3n) is 12.9. The summed E-state index contributed by atoms with van der Waals surface area (Å²) in [7, 11) is -13.9. The van der Waals surface area contributed by atoms with Crippen molar-refractivity contribution in [2.24, 2.45) is 0 Å². The maximum absolute atomic E-state index is 14.2. The number of oxazole rings is 1. The Morgan fingerprint density at radius 2 is 1.30 bits per heavy atom. The average Bonchev–Trinajstić information content (AvgIpc) is 4.28. The van der Waals surface area contributed by atoms with Gasteiger partial charge in [0.2, 0.25) is 35.4 Å². The number of hydrogen-bond acceptors (Lipinski definition) is 17. The number of thiophene rings is 2. The monoisotopic (exact) mass is 1240 g/mol. The molecule has 1 aromatic carbocycles. The number of carboxylic acid groups (broad SMARTS) is 1. The second-order valence-electron chi connectivity index (χ2n) is 19.3. The van der Waals surface area contributed by atoms with E-state index in [0.717, 1.165) is 17.4 Å². The number of benzene rings is 1. The van der Waals surface area contributed by atoms with E-state index in [1.807, 2.05) is 17.0 Å². The summed E-state index contributed by atoms with van der Waals surface area (Å²) in [4.78, 5) is 84.0. The van der Waals surface area contributed by atoms with E-state index in [2.05, 4.69) is 31.6 Å². The molecule has 5 amide bonds. The number of ether oxygens (including phenoxy) is 1. The topological polar surface area (TPSA) is 385 Å². The van der Waals surface area contributed by atoms with E-state index in [-0.39, 0.29) is 110 Å². The van der Waals surface area contributed by atoms with Crippen LogP contribution in [0.2, 0.25) is 0 Å². The van der Waals surface area contributed by atoms with Crippen molar-refractivity contribution in [3.05, 3.63) is 82.9 Å². The average molecular weight is 1240 g/mol. The Bertz CT molecular complexity index is 3360. The van der Waals surface area contributed by atoms with Gasteiger partial charge in [-0.3, -0.25) is 42.4 Å². The highest BCUT2D eigenvalue weighted by atomic mass is 32.3. The molecule has 4 aromatic heterocycles. The van der Waals surface area contributed by atoms with Crippen molar-refractivity contribution in [1.82, 2.24) is 31.6 Å². The van der Waals surface area contributed by atoms with Crippen molar-refractivity contribution in [2.75, 3.05) is 19.7 Å². The minimum atomic E-state index is -4.79. The van der Waals surface area contributed by atoms with E-state index in [0.29, 0.717) is 79.7 Å². The molecule has 0 fully saturated rings. The van der Waals surface area contributed by atoms with Crippen LogP contribution in [0.25, 0.3) is 22.8 Å². The Morgan fingerprint density at radius 3 is 1.90 bits per heavy atom. The van der Waals surface area contributed by atoms with E-state index < -0.39 is 93.1 Å². The summed E-state index contributed by atoms with van der Waals surface area (Å²) in [5.74, 6) is -3.70. The number of pyridine rings is 1. The molecule has 6 bridgehead atoms. The van der Waals surface area contributed by atoms with E-state index >= 15 is 0 Å². The van der Waals surface area contributed by atoms with Crippen molar-refractivity contribution >= 4 is 88.5 Å². The second kappa shape index (κ2) is 30.6. The molecule has 3 unspecified atom stereocenters. The number of fused-ring (bicyclic) bond motifs is 2. The molecule has 8 rings (SSSR count). The van der Waals surface area contributed by atoms with Crippen molar-refractivity contribution in [2.45, 2.75) is 147 Å². The second-order valence-corrected chi connectivity index (χ2v) is 26.4. The van der Waals surface area contributed by atoms with Gasteiger partial charge in [0, 0.05) is 84.6 Å². The Morgan fingerprint density at radius 1 is 0.683 bits per heavy atom. The Balaban J connectivity index is 1.21. The quantitative estimate of drug-likeness (QED) is 0.0415. The number of rotatable bonds is 14. The zero-order valence-corrected chi connectivity index (χ0v) is 48.5. The van der Waals surface area contributed by atoms with E-state index in [9.17, 15) is 67.7 Å². The summed E-state index contributed by atoms with van der Waals surface area (Å²) in [5.41, 5.74) is 0.902. The van der Waals surface area contributed by atoms with Crippen LogP contribution in [0.1, 0.15) is 106 Å². The SMILES string of the molecule is O=C(O)CCCCCNC(=O)C1CCCCNC(=O)C(Cc2ccc(S(=O)(=O)O)s2)NC(=O)CCCCC[n+]2ccc(cc2)-c2ncc(o2)-c2ccc(c(S(=O)(=O)O)c2)OCCCCCC(=O)NC(Cc2ccc(S(=O)(=O)O)s2)C(=O)N1. The molecule has 3 atom stereocenters. The third kappa shape index (κ3) is 20.9. The normalized spacial score (nSPS) is 18.5. The third-order valence-corrected chi connectivity index (χ3v) is 18.6. The first-order chi connectivity index (χ1) is 38.9. The number of hydrogen-bond donors (Lipinski definition) is 9. The molecule has 0 aliphatic carbocycles. The molecular formula is C52H66N7O18S5+. The minimum Gasteiger partial charge on any atom is -0.492 e. The lowest BCUT2D eigenvalue weighted by molar-refractivity contribution is -0.697. The van der Waals surface area contributed by atoms with Crippen LogP contribution >= 0.6 is 22.7 Å². The molecule has 0 saturated carbocycles. The number of unbranched alkanes of at least 4 members (excludes halogenated alkanes) is 2. The minimum absolute atomic E-state index is 0.0107. The zero-order valence-electron chi connectivity index (χ0n) is 44.4. The van der Waals surface area contributed by atoms with Gasteiger partial charge in [-0.1, -0.05) is 6.42 Å². The van der Waals surface area contributed by atoms with Crippen LogP contribution in [0, 0.1) is 0 Å². The molecule has 3 aliphatic rings. The first-order valence-corrected chi connectivity index (χ1v) is 32.4. The molecule has 0 spiro atoms. The standard InChI is InChI=1S/C52H65N7O18S5/c60-44-13-4-2-10-26-59-27-22-34(23-28-59)52-55-33-42(77-52)35-16-19-41(43(30-35)80(67,68)69)76-29-11-3-5-14-45(61)57-40(32-37-18-21-48(79-37)82(73,74)75)51(66)58-38(49(64)53-24-8-1-6-15-46(62)63)12-7-9-25-54-50(65)39(56-44)31-36-17-20-47(78-36)81(70,71)72/h16-23,27-28,30,33,38-40H,1-15,24-26,29,31-32H2,(H8-,53,54,56,57,58,60,61,62,63,64,65,66,67,68,69,70,71,72,73,74,75)/p+1. The number of carboxylic acids is 1. The number of aromatic nitrogens is 2. The molecule has 5 aromatic rings. The molecule has 30 heteroatoms. The number of aliphatic carboxylic acids is 1. The fourth-order valence-corrected chi connectivity index (χ4v) is 12.8. The molecule has 0 radical (unpaired) electrons. The lowest BCUT2D eigenvalue weighted by Gasteiger charge is -2.23. The Kier molecular flexibility index (Phi) is 24.1. The predicted molar refractivity (Wildman–Crippen MR) is 297 cm³/mol. The highest BCUT2D eigenvalue weighted by molar-refractivity contribution is 7.88. The van der Waals surface area contributed by atoms with Crippen LogP contribution in [0.4, 0.5) is 0 Å². The largest absolute Gasteiger partial charge is 0.492 e. The summed E-state index contributed by atoms with van der Waals surface area (Å²) >= 11 is 1.41. The number of carbonyl (C=O) groups excluding carboxylic acids is 5. The van der Waals surface area contributed by atoms with Gasteiger partial charge in [-0.2, -0.15) is 25.3 Å². The van der Waals surface area contributed by atoms with Crippen LogP contribution < -0.4 is 35.9 Å². The Hall–Kier alpha value is -6.67. The van der Waals surface area contributed by atoms with Gasteiger partial charge in [-0.25, -0.2) is 9.55 Å². The first-order valence-electron chi connectivity index (χ1n) is 26.4. The molecule has 25 nitrogen and oxygen atoms in total. The van der Waals surface area contributed by atoms with Crippen LogP contribution in [0.3, 0.4) is 0 Å². The van der Waals surface area contributed by atoms with Crippen LogP contribution in [-0.2, 0) is 78.5 Å². The van der Waals surface area contributed by atoms with Crippen molar-refractivity contribution in [3.8, 4) is 28.5 Å². The van der Waals surface area contributed by atoms with Gasteiger partial charge in [0.25, 0.3) is 10.1 Å². The molecule has 446 valence electrons. The highest BCUT2D eigenvalue weighted by Crippen LogP contribution is 2.33. The van der Waals surface area contributed by atoms with Gasteiger partial charge in [-0.05, 0) is 107 Å². The van der Waals surface area contributed by atoms with E-state index in [4.69, 9.17) is 14.3 Å². The van der Waals surface area contributed by atoms with Crippen LogP contribution in [0.5, 0.6) is 5.75 Å². The summed E-state index contributed by atoms with van der Waals surface area (Å²) in [6.45, 7) is 0.744. The smallest absolute Gasteiger partial charge is 0.304 e. The number of nitrogens with zero attached hydrogens (tertiary/aromatic N) is 2. The fourth-order valence-electron chi connectivity index (χ4n) is 8.60.